The Kier molecular flexibility index (Phi) is 8.38. The lowest BCUT2D eigenvalue weighted by atomic mass is 10.1. The molecule has 0 bridgehead atoms. The molecule has 1 saturated heterocycles. The lowest BCUT2D eigenvalue weighted by molar-refractivity contribution is -0.123. The predicted octanol–water partition coefficient (Wildman–Crippen LogP) is 6.40. The number of ether oxygens (including phenoxy) is 2. The molecule has 1 aliphatic heterocycles. The van der Waals surface area contributed by atoms with Gasteiger partial charge in [-0.15, -0.1) is 0 Å². The van der Waals surface area contributed by atoms with Crippen LogP contribution in [0.2, 0.25) is 10.0 Å². The molecule has 0 unspecified atom stereocenters. The van der Waals surface area contributed by atoms with Crippen molar-refractivity contribution in [3.63, 3.8) is 0 Å². The summed E-state index contributed by atoms with van der Waals surface area (Å²) in [7, 11) is 1.41. The van der Waals surface area contributed by atoms with E-state index in [9.17, 15) is 18.8 Å². The van der Waals surface area contributed by atoms with Crippen molar-refractivity contribution in [2.24, 2.45) is 0 Å². The van der Waals surface area contributed by atoms with Gasteiger partial charge in [0.15, 0.2) is 18.1 Å². The van der Waals surface area contributed by atoms with Gasteiger partial charge in [-0.2, -0.15) is 0 Å². The smallest absolute Gasteiger partial charge is 0.293 e. The zero-order valence-electron chi connectivity index (χ0n) is 19.3. The average Bonchev–Trinajstić information content (AvgIpc) is 3.13. The van der Waals surface area contributed by atoms with Gasteiger partial charge in [-0.25, -0.2) is 4.39 Å². The first kappa shape index (κ1) is 26.5. The molecule has 4 rings (SSSR count). The fourth-order valence-corrected chi connectivity index (χ4v) is 4.63. The minimum atomic E-state index is -0.478. The third-order valence-corrected chi connectivity index (χ3v) is 6.59. The largest absolute Gasteiger partial charge is 0.493 e. The van der Waals surface area contributed by atoms with E-state index in [2.05, 4.69) is 5.32 Å². The number of hydrogen-bond acceptors (Lipinski definition) is 6. The molecule has 0 atom stereocenters. The number of carbonyl (C=O) groups is 3. The monoisotopic (exact) mass is 560 g/mol. The summed E-state index contributed by atoms with van der Waals surface area (Å²) in [6, 6.07) is 15.3. The maximum atomic E-state index is 13.2. The van der Waals surface area contributed by atoms with Crippen molar-refractivity contribution in [3.05, 3.63) is 92.6 Å². The summed E-state index contributed by atoms with van der Waals surface area (Å²) in [6.07, 6.45) is 1.51. The molecule has 0 radical (unpaired) electrons. The maximum Gasteiger partial charge on any atom is 0.293 e. The standard InChI is InChI=1S/C26H19Cl2FN2O5S/c1-35-21-11-16(10-20(28)24(21)36-14-23(32)30-19-8-4-17(27)5-9-19)12-22-25(33)31(26(34)37-22)13-15-2-6-18(29)7-3-15/h2-12H,13-14H2,1H3,(H,30,32)/b22-12-. The summed E-state index contributed by atoms with van der Waals surface area (Å²) in [5.74, 6) is -0.910. The van der Waals surface area contributed by atoms with Gasteiger partial charge in [0.05, 0.1) is 23.6 Å². The van der Waals surface area contributed by atoms with Crippen LogP contribution in [0.1, 0.15) is 11.1 Å². The Morgan fingerprint density at radius 3 is 2.46 bits per heavy atom. The number of hydrogen-bond donors (Lipinski definition) is 1. The number of anilines is 1. The van der Waals surface area contributed by atoms with Gasteiger partial charge in [-0.05, 0) is 77.5 Å². The highest BCUT2D eigenvalue weighted by molar-refractivity contribution is 8.18. The molecule has 37 heavy (non-hydrogen) atoms. The van der Waals surface area contributed by atoms with Crippen molar-refractivity contribution in [1.29, 1.82) is 0 Å². The van der Waals surface area contributed by atoms with Gasteiger partial charge in [0.1, 0.15) is 5.82 Å². The van der Waals surface area contributed by atoms with Crippen LogP contribution in [0.3, 0.4) is 0 Å². The van der Waals surface area contributed by atoms with E-state index in [0.29, 0.717) is 21.8 Å². The number of imide groups is 1. The Morgan fingerprint density at radius 1 is 1.08 bits per heavy atom. The summed E-state index contributed by atoms with van der Waals surface area (Å²) in [4.78, 5) is 38.8. The summed E-state index contributed by atoms with van der Waals surface area (Å²) < 4.78 is 24.1. The second-order valence-corrected chi connectivity index (χ2v) is 9.61. The molecule has 3 aromatic rings. The van der Waals surface area contributed by atoms with E-state index in [4.69, 9.17) is 32.7 Å². The van der Waals surface area contributed by atoms with Crippen LogP contribution in [0.25, 0.3) is 6.08 Å². The summed E-state index contributed by atoms with van der Waals surface area (Å²) in [5.41, 5.74) is 1.67. The Bertz CT molecular complexity index is 1380. The number of nitrogens with one attached hydrogen (secondary N) is 1. The number of rotatable bonds is 8. The summed E-state index contributed by atoms with van der Waals surface area (Å²) in [6.45, 7) is -0.308. The number of methoxy groups -OCH3 is 1. The number of carbonyl (C=O) groups excluding carboxylic acids is 3. The van der Waals surface area contributed by atoms with Crippen LogP contribution < -0.4 is 14.8 Å². The topological polar surface area (TPSA) is 84.9 Å². The molecule has 0 spiro atoms. The van der Waals surface area contributed by atoms with Gasteiger partial charge in [0.2, 0.25) is 0 Å². The lowest BCUT2D eigenvalue weighted by Gasteiger charge is -2.14. The molecule has 0 aromatic heterocycles. The maximum absolute atomic E-state index is 13.2. The fourth-order valence-electron chi connectivity index (χ4n) is 3.39. The van der Waals surface area contributed by atoms with Crippen molar-refractivity contribution < 1.29 is 28.2 Å². The van der Waals surface area contributed by atoms with E-state index in [-0.39, 0.29) is 34.6 Å². The van der Waals surface area contributed by atoms with E-state index in [0.717, 1.165) is 16.7 Å². The van der Waals surface area contributed by atoms with Gasteiger partial charge in [-0.1, -0.05) is 35.3 Å². The van der Waals surface area contributed by atoms with E-state index in [1.54, 1.807) is 30.3 Å². The molecule has 1 heterocycles. The number of thioether (sulfide) groups is 1. The molecule has 190 valence electrons. The van der Waals surface area contributed by atoms with Crippen LogP contribution in [0.4, 0.5) is 14.9 Å². The van der Waals surface area contributed by atoms with Crippen molar-refractivity contribution in [1.82, 2.24) is 4.90 Å². The summed E-state index contributed by atoms with van der Waals surface area (Å²) in [5, 5.41) is 2.93. The number of amides is 3. The Labute approximate surface area is 226 Å². The van der Waals surface area contributed by atoms with Crippen molar-refractivity contribution >= 4 is 63.8 Å². The number of halogens is 3. The molecule has 3 aromatic carbocycles. The van der Waals surface area contributed by atoms with Crippen LogP contribution in [0.5, 0.6) is 11.5 Å². The van der Waals surface area contributed by atoms with E-state index in [1.165, 1.54) is 43.5 Å². The fraction of sp³-hybridized carbons (Fsp3) is 0.115. The van der Waals surface area contributed by atoms with Gasteiger partial charge in [0, 0.05) is 10.7 Å². The Hall–Kier alpha value is -3.53. The molecule has 11 heteroatoms. The molecule has 1 N–H and O–H groups in total. The van der Waals surface area contributed by atoms with Crippen LogP contribution in [-0.4, -0.2) is 35.7 Å². The second-order valence-electron chi connectivity index (χ2n) is 7.77. The molecule has 0 saturated carbocycles. The van der Waals surface area contributed by atoms with E-state index < -0.39 is 22.9 Å². The first-order valence-electron chi connectivity index (χ1n) is 10.8. The third-order valence-electron chi connectivity index (χ3n) is 5.15. The van der Waals surface area contributed by atoms with Crippen LogP contribution >= 0.6 is 35.0 Å². The predicted molar refractivity (Wildman–Crippen MR) is 141 cm³/mol. The highest BCUT2D eigenvalue weighted by atomic mass is 35.5. The van der Waals surface area contributed by atoms with Crippen molar-refractivity contribution in [2.45, 2.75) is 6.54 Å². The highest BCUT2D eigenvalue weighted by Gasteiger charge is 2.35. The molecule has 1 aliphatic rings. The quantitative estimate of drug-likeness (QED) is 0.321. The van der Waals surface area contributed by atoms with Crippen molar-refractivity contribution in [3.8, 4) is 11.5 Å². The Morgan fingerprint density at radius 2 is 1.78 bits per heavy atom. The van der Waals surface area contributed by atoms with Gasteiger partial charge in [-0.3, -0.25) is 19.3 Å². The molecular weight excluding hydrogens is 542 g/mol. The number of benzene rings is 3. The van der Waals surface area contributed by atoms with Crippen LogP contribution in [0.15, 0.2) is 65.6 Å². The van der Waals surface area contributed by atoms with E-state index in [1.807, 2.05) is 0 Å². The van der Waals surface area contributed by atoms with E-state index >= 15 is 0 Å². The SMILES string of the molecule is COc1cc(/C=C2\SC(=O)N(Cc3ccc(F)cc3)C2=O)cc(Cl)c1OCC(=O)Nc1ccc(Cl)cc1. The first-order valence-corrected chi connectivity index (χ1v) is 12.4. The minimum Gasteiger partial charge on any atom is -0.493 e. The van der Waals surface area contributed by atoms with Crippen molar-refractivity contribution in [2.75, 3.05) is 19.0 Å². The molecule has 1 fully saturated rings. The van der Waals surface area contributed by atoms with Gasteiger partial charge < -0.3 is 14.8 Å². The van der Waals surface area contributed by atoms with Crippen LogP contribution in [-0.2, 0) is 16.1 Å². The molecular formula is C26H19Cl2FN2O5S. The van der Waals surface area contributed by atoms with Gasteiger partial charge in [0.25, 0.3) is 17.1 Å². The highest BCUT2D eigenvalue weighted by Crippen LogP contribution is 2.39. The van der Waals surface area contributed by atoms with Crippen LogP contribution in [0, 0.1) is 5.82 Å². The summed E-state index contributed by atoms with van der Waals surface area (Å²) >= 11 is 13.0. The molecule has 7 nitrogen and oxygen atoms in total. The third kappa shape index (κ3) is 6.62. The zero-order chi connectivity index (χ0) is 26.5. The Balaban J connectivity index is 1.45. The normalized spacial score (nSPS) is 14.3. The molecule has 0 aliphatic carbocycles. The number of nitrogens with zero attached hydrogens (tertiary/aromatic N) is 1. The lowest BCUT2D eigenvalue weighted by Crippen LogP contribution is -2.27. The second kappa shape index (κ2) is 11.7. The van der Waals surface area contributed by atoms with Gasteiger partial charge >= 0.3 is 0 Å². The minimum absolute atomic E-state index is 0.0250. The average molecular weight is 561 g/mol. The zero-order valence-corrected chi connectivity index (χ0v) is 21.6. The molecule has 3 amide bonds. The first-order chi connectivity index (χ1) is 17.7.